The van der Waals surface area contributed by atoms with E-state index >= 15 is 0 Å². The van der Waals surface area contributed by atoms with Gasteiger partial charge in [0.1, 0.15) is 17.9 Å². The van der Waals surface area contributed by atoms with Crippen molar-refractivity contribution in [3.8, 4) is 30.3 Å². The van der Waals surface area contributed by atoms with Crippen LogP contribution in [0.1, 0.15) is 86.8 Å². The van der Waals surface area contributed by atoms with E-state index in [1.807, 2.05) is 27.7 Å². The second kappa shape index (κ2) is 17.2. The zero-order chi connectivity index (χ0) is 30.1. The lowest BCUT2D eigenvalue weighted by Crippen LogP contribution is -2.36. The van der Waals surface area contributed by atoms with Gasteiger partial charge in [-0.2, -0.15) is 5.26 Å². The van der Waals surface area contributed by atoms with Gasteiger partial charge in [0.25, 0.3) is 14.1 Å². The van der Waals surface area contributed by atoms with Crippen molar-refractivity contribution in [1.82, 2.24) is 14.2 Å². The molecular weight excluding hydrogens is 507 g/mol. The lowest BCUT2D eigenvalue weighted by Gasteiger charge is -2.37. The number of unbranched alkanes of at least 4 members (excludes halogenated alkanes) is 3. The van der Waals surface area contributed by atoms with Crippen LogP contribution in [0.5, 0.6) is 0 Å². The third-order valence-electron chi connectivity index (χ3n) is 5.61. The Kier molecular flexibility index (Phi) is 13.6. The van der Waals surface area contributed by atoms with Crippen molar-refractivity contribution >= 4 is 8.53 Å². The maximum absolute atomic E-state index is 12.7. The molecule has 1 aliphatic heterocycles. The summed E-state index contributed by atoms with van der Waals surface area (Å²) in [7, 11) is -0.329. The van der Waals surface area contributed by atoms with Crippen LogP contribution in [0, 0.1) is 35.5 Å². The van der Waals surface area contributed by atoms with Gasteiger partial charge in [-0.25, -0.2) is 9.46 Å². The van der Waals surface area contributed by atoms with E-state index in [1.54, 1.807) is 0 Å². The quantitative estimate of drug-likeness (QED) is 0.204. The Morgan fingerprint density at radius 2 is 2.08 bits per heavy atom. The molecule has 38 heavy (non-hydrogen) atoms. The first-order valence-electron chi connectivity index (χ1n) is 13.9. The van der Waals surface area contributed by atoms with Crippen LogP contribution >= 0.6 is 8.53 Å². The third kappa shape index (κ3) is 9.68. The van der Waals surface area contributed by atoms with Crippen molar-refractivity contribution in [2.75, 3.05) is 13.2 Å². The van der Waals surface area contributed by atoms with Gasteiger partial charge in [-0.15, -0.1) is 12.3 Å². The average molecular weight is 552 g/mol. The number of hydrogen-bond acceptors (Lipinski definition) is 8. The standard InChI is InChI=1S/C26H37N4O6P.CH4/c1-6-7-8-9-10-11-13-21-17-29(26(33)28-25(21)32)24-16-22(23(18-31)35-24)36-37(34-15-12-14-27)30(19(2)3)20(4)5;/h1,17,19-20,22-24,31H,7-10,12,15-16,18H2,2-5H3,(H,28,32,33);1H4/t22-,23-,24-,37?;/m1./s1/i31D;1T. The highest BCUT2D eigenvalue weighted by Crippen LogP contribution is 2.49. The zero-order valence-corrected chi connectivity index (χ0v) is 23.8. The van der Waals surface area contributed by atoms with E-state index < -0.39 is 38.2 Å². The Hall–Kier alpha value is -2.48. The second-order valence-electron chi connectivity index (χ2n) is 9.14. The van der Waals surface area contributed by atoms with Crippen LogP contribution in [-0.2, 0) is 13.8 Å². The number of aromatic nitrogens is 2. The summed E-state index contributed by atoms with van der Waals surface area (Å²) < 4.78 is 34.8. The molecule has 1 aromatic rings. The first-order valence-corrected chi connectivity index (χ1v) is 13.6. The van der Waals surface area contributed by atoms with E-state index in [0.29, 0.717) is 12.8 Å². The summed E-state index contributed by atoms with van der Waals surface area (Å²) in [5.41, 5.74) is -1.06. The maximum atomic E-state index is 12.7. The molecule has 0 aliphatic carbocycles. The van der Waals surface area contributed by atoms with Gasteiger partial charge in [-0.1, -0.05) is 19.2 Å². The van der Waals surface area contributed by atoms with E-state index in [-0.39, 0.29) is 43.7 Å². The fourth-order valence-electron chi connectivity index (χ4n) is 3.93. The number of nitrogens with one attached hydrogen (secondary N) is 1. The molecule has 0 aromatic carbocycles. The number of rotatable bonds is 14. The number of nitriles is 1. The van der Waals surface area contributed by atoms with Crippen LogP contribution in [0.15, 0.2) is 15.8 Å². The fourth-order valence-corrected chi connectivity index (χ4v) is 5.69. The van der Waals surface area contributed by atoms with Crippen LogP contribution in [0.4, 0.5) is 0 Å². The maximum Gasteiger partial charge on any atom is 0.330 e. The topological polar surface area (TPSA) is 130 Å². The highest BCUT2D eigenvalue weighted by atomic mass is 31.2. The van der Waals surface area contributed by atoms with E-state index in [1.165, 1.54) is 18.2 Å². The first-order chi connectivity index (χ1) is 19.2. The van der Waals surface area contributed by atoms with Gasteiger partial charge in [-0.3, -0.25) is 14.3 Å². The molecule has 2 rings (SSSR count). The largest absolute Gasteiger partial charge is 0.394 e. The molecular formula is C27H41N4O6P. The highest BCUT2D eigenvalue weighted by Gasteiger charge is 2.41. The number of terminal acetylenes is 1. The van der Waals surface area contributed by atoms with E-state index in [0.717, 1.165) is 12.8 Å². The van der Waals surface area contributed by atoms with E-state index in [9.17, 15) is 9.59 Å². The minimum Gasteiger partial charge on any atom is -0.394 e. The summed E-state index contributed by atoms with van der Waals surface area (Å²) in [6, 6.07) is 2.27. The number of aliphatic hydroxyl groups is 1. The van der Waals surface area contributed by atoms with Gasteiger partial charge in [0, 0.05) is 38.9 Å². The Balaban J connectivity index is 0.00000391. The summed E-state index contributed by atoms with van der Waals surface area (Å²) >= 11 is 0. The second-order valence-corrected chi connectivity index (χ2v) is 10.6. The van der Waals surface area contributed by atoms with Gasteiger partial charge >= 0.3 is 5.69 Å². The number of H-pyrrole nitrogens is 1. The molecule has 2 heterocycles. The molecule has 2 N–H and O–H groups in total. The SMILES string of the molecule is [2H]OC[C@H]1O[C@@H](n2cc(C#CCCCCC#C)c(=O)[nH]c2=O)C[C@H]1OP(OCCC#N)N(C(C)C)C(C)C.[3H]C. The molecule has 0 amide bonds. The summed E-state index contributed by atoms with van der Waals surface area (Å²) in [5, 5.41) is 13.6. The molecule has 11 heteroatoms. The number of aliphatic hydroxyl groups excluding tert-OH is 1. The van der Waals surface area contributed by atoms with Gasteiger partial charge in [0.15, 0.2) is 0 Å². The molecule has 10 nitrogen and oxygen atoms in total. The Labute approximate surface area is 230 Å². The molecule has 1 aliphatic rings. The van der Waals surface area contributed by atoms with Crippen molar-refractivity contribution in [3.05, 3.63) is 32.6 Å². The van der Waals surface area contributed by atoms with Crippen LogP contribution < -0.4 is 11.2 Å². The van der Waals surface area contributed by atoms with Gasteiger partial charge in [0.05, 0.1) is 31.8 Å². The zero-order valence-electron chi connectivity index (χ0n) is 24.9. The minimum absolute atomic E-state index is 0.0890. The van der Waals surface area contributed by atoms with E-state index in [2.05, 4.69) is 38.6 Å². The molecule has 1 fully saturated rings. The van der Waals surface area contributed by atoms with Crippen molar-refractivity contribution in [2.24, 2.45) is 0 Å². The van der Waals surface area contributed by atoms with Crippen molar-refractivity contribution < 1.29 is 20.3 Å². The molecule has 1 unspecified atom stereocenters. The smallest absolute Gasteiger partial charge is 0.330 e. The lowest BCUT2D eigenvalue weighted by atomic mass is 10.2. The summed E-state index contributed by atoms with van der Waals surface area (Å²) in [6.45, 7) is 8.24. The molecule has 0 saturated carbocycles. The number of aromatic amines is 1. The monoisotopic (exact) mass is 551 g/mol. The Bertz CT molecular complexity index is 1140. The average Bonchev–Trinajstić information content (AvgIpc) is 3.30. The molecule has 0 spiro atoms. The highest BCUT2D eigenvalue weighted by molar-refractivity contribution is 7.44. The first kappa shape index (κ1) is 30.1. The number of ether oxygens (including phenoxy) is 1. The molecule has 210 valence electrons. The normalized spacial score (nSPS) is 20.0. The predicted octanol–water partition coefficient (Wildman–Crippen LogP) is 3.66. The van der Waals surface area contributed by atoms with Gasteiger partial charge < -0.3 is 18.9 Å². The summed E-state index contributed by atoms with van der Waals surface area (Å²) in [5.74, 6) is 8.37. The summed E-state index contributed by atoms with van der Waals surface area (Å²) in [6.07, 6.45) is 8.04. The van der Waals surface area contributed by atoms with Crippen LogP contribution in [-0.4, -0.2) is 58.3 Å². The van der Waals surface area contributed by atoms with Gasteiger partial charge in [-0.05, 0) is 40.5 Å². The molecule has 1 aromatic heterocycles. The Morgan fingerprint density at radius 3 is 2.71 bits per heavy atom. The van der Waals surface area contributed by atoms with E-state index in [4.69, 9.17) is 28.3 Å². The number of nitrogens with zero attached hydrogens (tertiary/aromatic N) is 3. The molecule has 1 saturated heterocycles. The number of hydrogen-bond donors (Lipinski definition) is 2. The van der Waals surface area contributed by atoms with Crippen LogP contribution in [0.2, 0.25) is 0 Å². The van der Waals surface area contributed by atoms with Crippen molar-refractivity contribution in [3.63, 3.8) is 0 Å². The fraction of sp³-hybridized carbons (Fsp3) is 0.667. The van der Waals surface area contributed by atoms with Crippen molar-refractivity contribution in [2.45, 2.75) is 104 Å². The van der Waals surface area contributed by atoms with Crippen molar-refractivity contribution in [1.29, 1.82) is 6.69 Å². The molecule has 0 radical (unpaired) electrons. The predicted molar refractivity (Wildman–Crippen MR) is 148 cm³/mol. The Morgan fingerprint density at radius 1 is 1.37 bits per heavy atom. The van der Waals surface area contributed by atoms with Crippen LogP contribution in [0.3, 0.4) is 0 Å². The third-order valence-corrected chi connectivity index (χ3v) is 7.76. The minimum atomic E-state index is -1.58. The van der Waals surface area contributed by atoms with Gasteiger partial charge in [0.2, 0.25) is 1.43 Å². The summed E-state index contributed by atoms with van der Waals surface area (Å²) in [4.78, 5) is 27.3. The molecule has 0 bridgehead atoms. The molecule has 4 atom stereocenters. The lowest BCUT2D eigenvalue weighted by molar-refractivity contribution is -0.0439. The van der Waals surface area contributed by atoms with Crippen LogP contribution in [0.25, 0.3) is 0 Å².